The van der Waals surface area contributed by atoms with Crippen molar-refractivity contribution in [1.29, 1.82) is 0 Å². The van der Waals surface area contributed by atoms with Gasteiger partial charge in [0.05, 0.1) is 6.42 Å². The zero-order valence-electron chi connectivity index (χ0n) is 7.16. The van der Waals surface area contributed by atoms with Crippen LogP contribution in [0.4, 0.5) is 17.6 Å². The van der Waals surface area contributed by atoms with Gasteiger partial charge < -0.3 is 0 Å². The summed E-state index contributed by atoms with van der Waals surface area (Å²) in [6, 6.07) is 0. The lowest BCUT2D eigenvalue weighted by molar-refractivity contribution is -0.140. The quantitative estimate of drug-likeness (QED) is 0.483. The van der Waals surface area contributed by atoms with Gasteiger partial charge in [-0.25, -0.2) is 4.39 Å². The predicted molar refractivity (Wildman–Crippen MR) is 38.5 cm³/mol. The Labute approximate surface area is 69.4 Å². The van der Waals surface area contributed by atoms with E-state index in [1.54, 1.807) is 6.92 Å². The Balaban J connectivity index is 3.73. The van der Waals surface area contributed by atoms with Crippen LogP contribution >= 0.6 is 0 Å². The van der Waals surface area contributed by atoms with Crippen LogP contribution in [0.25, 0.3) is 0 Å². The van der Waals surface area contributed by atoms with Crippen LogP contribution in [0.1, 0.15) is 20.3 Å². The summed E-state index contributed by atoms with van der Waals surface area (Å²) < 4.78 is 47.5. The third-order valence-corrected chi connectivity index (χ3v) is 1.59. The van der Waals surface area contributed by atoms with E-state index in [0.717, 1.165) is 4.90 Å². The molecule has 0 aromatic rings. The lowest BCUT2D eigenvalue weighted by atomic mass is 10.3. The highest BCUT2D eigenvalue weighted by molar-refractivity contribution is 4.60. The van der Waals surface area contributed by atoms with E-state index in [4.69, 9.17) is 0 Å². The maximum absolute atomic E-state index is 12.5. The molecule has 1 unspecified atom stereocenters. The molecule has 0 saturated carbocycles. The second kappa shape index (κ2) is 4.64. The summed E-state index contributed by atoms with van der Waals surface area (Å²) in [5, 5.41) is 0. The van der Waals surface area contributed by atoms with Gasteiger partial charge >= 0.3 is 6.18 Å². The summed E-state index contributed by atoms with van der Waals surface area (Å²) in [6.07, 6.45) is -6.45. The average Bonchev–Trinajstić information content (AvgIpc) is 1.85. The molecule has 0 bridgehead atoms. The summed E-state index contributed by atoms with van der Waals surface area (Å²) in [7, 11) is 0. The van der Waals surface area contributed by atoms with Crippen molar-refractivity contribution < 1.29 is 17.6 Å². The second-order valence-corrected chi connectivity index (χ2v) is 2.57. The van der Waals surface area contributed by atoms with E-state index in [1.807, 2.05) is 0 Å². The van der Waals surface area contributed by atoms with Crippen LogP contribution < -0.4 is 0 Å². The Morgan fingerprint density at radius 3 is 2.08 bits per heavy atom. The van der Waals surface area contributed by atoms with Gasteiger partial charge in [0.1, 0.15) is 0 Å². The van der Waals surface area contributed by atoms with E-state index in [2.05, 4.69) is 0 Å². The van der Waals surface area contributed by atoms with E-state index >= 15 is 0 Å². The molecule has 1 nitrogen and oxygen atoms in total. The monoisotopic (exact) mass is 187 g/mol. The number of hydrogen-bond donors (Lipinski definition) is 0. The molecule has 0 aromatic carbocycles. The van der Waals surface area contributed by atoms with E-state index in [1.165, 1.54) is 6.92 Å². The highest BCUT2D eigenvalue weighted by Gasteiger charge is 2.28. The molecular weight excluding hydrogens is 174 g/mol. The van der Waals surface area contributed by atoms with Crippen molar-refractivity contribution in [3.8, 4) is 0 Å². The lowest BCUT2D eigenvalue weighted by Gasteiger charge is -2.22. The van der Waals surface area contributed by atoms with Gasteiger partial charge in [-0.3, -0.25) is 4.90 Å². The molecule has 0 aromatic heterocycles. The Hall–Kier alpha value is -0.320. The van der Waals surface area contributed by atoms with Crippen molar-refractivity contribution in [3.63, 3.8) is 0 Å². The zero-order valence-corrected chi connectivity index (χ0v) is 7.16. The summed E-state index contributed by atoms with van der Waals surface area (Å²) in [4.78, 5) is 1.13. The molecule has 0 amide bonds. The van der Waals surface area contributed by atoms with Crippen LogP contribution in [0.5, 0.6) is 0 Å². The maximum Gasteiger partial charge on any atom is 0.390 e. The van der Waals surface area contributed by atoms with E-state index < -0.39 is 18.9 Å². The number of alkyl halides is 4. The molecule has 0 radical (unpaired) electrons. The van der Waals surface area contributed by atoms with Gasteiger partial charge in [-0.1, -0.05) is 6.92 Å². The number of nitrogens with zero attached hydrogens (tertiary/aromatic N) is 1. The molecule has 12 heavy (non-hydrogen) atoms. The SMILES string of the molecule is CCN(CCC(F)(F)F)C(C)F. The van der Waals surface area contributed by atoms with Crippen molar-refractivity contribution in [2.45, 2.75) is 32.7 Å². The molecule has 0 aliphatic carbocycles. The minimum absolute atomic E-state index is 0.266. The predicted octanol–water partition coefficient (Wildman–Crippen LogP) is 2.58. The molecule has 0 aliphatic rings. The zero-order chi connectivity index (χ0) is 9.78. The van der Waals surface area contributed by atoms with Gasteiger partial charge in [-0.15, -0.1) is 0 Å². The molecule has 5 heteroatoms. The van der Waals surface area contributed by atoms with Crippen LogP contribution in [-0.2, 0) is 0 Å². The molecule has 0 fully saturated rings. The highest BCUT2D eigenvalue weighted by Crippen LogP contribution is 2.20. The molecule has 0 heterocycles. The van der Waals surface area contributed by atoms with Crippen molar-refractivity contribution in [2.24, 2.45) is 0 Å². The van der Waals surface area contributed by atoms with Gasteiger partial charge in [0.25, 0.3) is 0 Å². The van der Waals surface area contributed by atoms with Crippen LogP contribution in [0, 0.1) is 0 Å². The molecule has 74 valence electrons. The van der Waals surface area contributed by atoms with Gasteiger partial charge in [0, 0.05) is 6.54 Å². The van der Waals surface area contributed by atoms with E-state index in [0.29, 0.717) is 6.54 Å². The number of rotatable bonds is 4. The fraction of sp³-hybridized carbons (Fsp3) is 1.00. The fourth-order valence-electron chi connectivity index (χ4n) is 0.858. The van der Waals surface area contributed by atoms with Crippen LogP contribution in [0.15, 0.2) is 0 Å². The summed E-state index contributed by atoms with van der Waals surface area (Å²) in [5.74, 6) is 0. The second-order valence-electron chi connectivity index (χ2n) is 2.57. The van der Waals surface area contributed by atoms with Gasteiger partial charge in [0.2, 0.25) is 0 Å². The maximum atomic E-state index is 12.5. The summed E-state index contributed by atoms with van der Waals surface area (Å²) in [5.41, 5.74) is 0. The van der Waals surface area contributed by atoms with Crippen molar-refractivity contribution in [2.75, 3.05) is 13.1 Å². The van der Waals surface area contributed by atoms with Crippen molar-refractivity contribution in [1.82, 2.24) is 4.90 Å². The fourth-order valence-corrected chi connectivity index (χ4v) is 0.858. The number of halogens is 4. The topological polar surface area (TPSA) is 3.24 Å². The van der Waals surface area contributed by atoms with Gasteiger partial charge in [-0.05, 0) is 13.5 Å². The first kappa shape index (κ1) is 11.7. The Bertz CT molecular complexity index is 121. The van der Waals surface area contributed by atoms with E-state index in [-0.39, 0.29) is 6.54 Å². The molecule has 0 aliphatic heterocycles. The van der Waals surface area contributed by atoms with Gasteiger partial charge in [-0.2, -0.15) is 13.2 Å². The lowest BCUT2D eigenvalue weighted by Crippen LogP contribution is -2.33. The van der Waals surface area contributed by atoms with Crippen LogP contribution in [-0.4, -0.2) is 30.5 Å². The third kappa shape index (κ3) is 5.35. The highest BCUT2D eigenvalue weighted by atomic mass is 19.4. The Kier molecular flexibility index (Phi) is 4.52. The Morgan fingerprint density at radius 1 is 1.33 bits per heavy atom. The minimum Gasteiger partial charge on any atom is -0.274 e. The van der Waals surface area contributed by atoms with Crippen molar-refractivity contribution >= 4 is 0 Å². The first-order chi connectivity index (χ1) is 5.37. The summed E-state index contributed by atoms with van der Waals surface area (Å²) >= 11 is 0. The third-order valence-electron chi connectivity index (χ3n) is 1.59. The minimum atomic E-state index is -4.19. The molecule has 1 atom stereocenters. The molecule has 0 saturated heterocycles. The molecule has 0 rings (SSSR count). The summed E-state index contributed by atoms with van der Waals surface area (Å²) in [6.45, 7) is 2.90. The smallest absolute Gasteiger partial charge is 0.274 e. The largest absolute Gasteiger partial charge is 0.390 e. The normalized spacial score (nSPS) is 15.2. The molecule has 0 N–H and O–H groups in total. The Morgan fingerprint density at radius 2 is 1.83 bits per heavy atom. The van der Waals surface area contributed by atoms with Crippen LogP contribution in [0.2, 0.25) is 0 Å². The first-order valence-electron chi connectivity index (χ1n) is 3.81. The number of hydrogen-bond acceptors (Lipinski definition) is 1. The standard InChI is InChI=1S/C7H13F4N/c1-3-12(6(2)8)5-4-7(9,10)11/h6H,3-5H2,1-2H3. The van der Waals surface area contributed by atoms with Gasteiger partial charge in [0.15, 0.2) is 6.30 Å². The average molecular weight is 187 g/mol. The van der Waals surface area contributed by atoms with E-state index in [9.17, 15) is 17.6 Å². The van der Waals surface area contributed by atoms with Crippen molar-refractivity contribution in [3.05, 3.63) is 0 Å². The first-order valence-corrected chi connectivity index (χ1v) is 3.81. The molecule has 0 spiro atoms. The molecular formula is C7H13F4N. The van der Waals surface area contributed by atoms with Crippen LogP contribution in [0.3, 0.4) is 0 Å².